The van der Waals surface area contributed by atoms with Crippen LogP contribution in [0.25, 0.3) is 21.5 Å². The number of methoxy groups -OCH3 is 2. The lowest BCUT2D eigenvalue weighted by Gasteiger charge is -2.15. The van der Waals surface area contributed by atoms with Crippen molar-refractivity contribution in [3.63, 3.8) is 0 Å². The molecule has 0 saturated heterocycles. The van der Waals surface area contributed by atoms with Crippen LogP contribution in [-0.4, -0.2) is 95.4 Å². The second kappa shape index (κ2) is 22.0. The van der Waals surface area contributed by atoms with E-state index in [4.69, 9.17) is 24.5 Å². The second-order valence-corrected chi connectivity index (χ2v) is 22.2. The van der Waals surface area contributed by atoms with Crippen molar-refractivity contribution in [1.82, 2.24) is 0 Å². The monoisotopic (exact) mass is 1120 g/mol. The van der Waals surface area contributed by atoms with Gasteiger partial charge in [0.1, 0.15) is 44.1 Å². The summed E-state index contributed by atoms with van der Waals surface area (Å²) in [7, 11) is -16.8. The standard InChI is InChI=1S/C47H43N7O18S4/c1-25-16-27(47(57)50-38-22-34-29(19-42(38)75(64,65)66)18-32(74(61,62)63)21-39(34)72-14-4-5-15-73(58,59)60)8-13-35(25)51-52-36-23-41(71-3)37(24-40(36)70-2)53-54-44-43(76(67,68)69)20-28-17-31(11-12-33(28)45(44)55)49-46(56)26-6-9-30(48)10-7-26/h6-13,16-24,55H,4-5,14-15,48H2,1-3H3,(H,49,56)(H,50,57)(H,58,59,60)(H,61,62,63)(H,64,65,66)(H,67,68,69). The minimum Gasteiger partial charge on any atom is -0.505 e. The molecular formula is C47H43N7O18S4. The van der Waals surface area contributed by atoms with Crippen LogP contribution in [0.3, 0.4) is 0 Å². The summed E-state index contributed by atoms with van der Waals surface area (Å²) >= 11 is 0. The van der Waals surface area contributed by atoms with Crippen molar-refractivity contribution < 1.29 is 80.8 Å². The minimum absolute atomic E-state index is 0.00333. The van der Waals surface area contributed by atoms with Crippen molar-refractivity contribution in [1.29, 1.82) is 0 Å². The molecule has 76 heavy (non-hydrogen) atoms. The molecule has 0 bridgehead atoms. The molecule has 0 aliphatic heterocycles. The highest BCUT2D eigenvalue weighted by Gasteiger charge is 2.25. The number of benzene rings is 7. The van der Waals surface area contributed by atoms with Gasteiger partial charge in [-0.05, 0) is 121 Å². The van der Waals surface area contributed by atoms with Gasteiger partial charge in [-0.25, -0.2) is 0 Å². The molecule has 0 aliphatic carbocycles. The van der Waals surface area contributed by atoms with Gasteiger partial charge < -0.3 is 35.7 Å². The van der Waals surface area contributed by atoms with Gasteiger partial charge in [0.2, 0.25) is 0 Å². The minimum atomic E-state index is -5.12. The van der Waals surface area contributed by atoms with Crippen LogP contribution in [0.5, 0.6) is 23.0 Å². The first-order valence-corrected chi connectivity index (χ1v) is 27.7. The molecule has 0 spiro atoms. The fourth-order valence-electron chi connectivity index (χ4n) is 7.38. The average molecular weight is 1120 g/mol. The Morgan fingerprint density at radius 2 is 1.16 bits per heavy atom. The number of hydrogen-bond donors (Lipinski definition) is 8. The van der Waals surface area contributed by atoms with Crippen molar-refractivity contribution in [3.05, 3.63) is 120 Å². The zero-order chi connectivity index (χ0) is 55.5. The Kier molecular flexibility index (Phi) is 16.1. The van der Waals surface area contributed by atoms with Crippen LogP contribution in [0.4, 0.5) is 39.8 Å². The van der Waals surface area contributed by atoms with E-state index in [1.165, 1.54) is 74.9 Å². The lowest BCUT2D eigenvalue weighted by atomic mass is 10.1. The van der Waals surface area contributed by atoms with Gasteiger partial charge in [-0.15, -0.1) is 15.3 Å². The van der Waals surface area contributed by atoms with Gasteiger partial charge in [0.25, 0.3) is 52.3 Å². The number of aromatic hydroxyl groups is 1. The summed E-state index contributed by atoms with van der Waals surface area (Å²) in [5.74, 6) is -2.85. The molecule has 0 aromatic heterocycles. The number of carbonyl (C=O) groups is 2. The number of azo groups is 2. The number of unbranched alkanes of at least 4 members (excludes halogenated alkanes) is 1. The zero-order valence-corrected chi connectivity index (χ0v) is 43.0. The van der Waals surface area contributed by atoms with Gasteiger partial charge in [0.15, 0.2) is 5.75 Å². The maximum Gasteiger partial charge on any atom is 0.296 e. The van der Waals surface area contributed by atoms with Crippen molar-refractivity contribution in [3.8, 4) is 23.0 Å². The Balaban J connectivity index is 1.13. The number of fused-ring (bicyclic) bond motifs is 2. The summed E-state index contributed by atoms with van der Waals surface area (Å²) in [6.07, 6.45) is -0.00457. The molecule has 0 atom stereocenters. The fraction of sp³-hybridized carbons (Fsp3) is 0.149. The SMILES string of the molecule is COc1cc(N=Nc2c(S(=O)(=O)O)cc3cc(NC(=O)c4ccc(N)cc4)ccc3c2O)c(OC)cc1N=Nc1ccc(C(=O)Nc2cc3c(OCCCCS(=O)(=O)O)cc(S(=O)(=O)O)cc3cc2S(=O)(=O)O)cc1C. The molecule has 7 rings (SSSR count). The van der Waals surface area contributed by atoms with Gasteiger partial charge in [0.05, 0.1) is 42.8 Å². The molecule has 398 valence electrons. The molecule has 25 nitrogen and oxygen atoms in total. The normalized spacial score (nSPS) is 12.4. The smallest absolute Gasteiger partial charge is 0.296 e. The predicted molar refractivity (Wildman–Crippen MR) is 276 cm³/mol. The van der Waals surface area contributed by atoms with E-state index >= 15 is 0 Å². The van der Waals surface area contributed by atoms with Crippen LogP contribution in [0, 0.1) is 6.92 Å². The van der Waals surface area contributed by atoms with Crippen LogP contribution in [0.1, 0.15) is 39.1 Å². The van der Waals surface area contributed by atoms with Crippen molar-refractivity contribution in [2.24, 2.45) is 20.5 Å². The Hall–Kier alpha value is -8.16. The zero-order valence-electron chi connectivity index (χ0n) is 39.7. The first-order chi connectivity index (χ1) is 35.6. The molecule has 0 aliphatic rings. The van der Waals surface area contributed by atoms with Gasteiger partial charge >= 0.3 is 0 Å². The largest absolute Gasteiger partial charge is 0.505 e. The third-order valence-corrected chi connectivity index (χ3v) is 14.5. The highest BCUT2D eigenvalue weighted by atomic mass is 32.2. The summed E-state index contributed by atoms with van der Waals surface area (Å²) in [5, 5.41) is 33.0. The number of ether oxygens (including phenoxy) is 3. The van der Waals surface area contributed by atoms with Crippen LogP contribution >= 0.6 is 0 Å². The number of rotatable bonds is 19. The van der Waals surface area contributed by atoms with Gasteiger partial charge in [-0.1, -0.05) is 0 Å². The predicted octanol–water partition coefficient (Wildman–Crippen LogP) is 8.73. The lowest BCUT2D eigenvalue weighted by Crippen LogP contribution is -2.15. The number of amides is 2. The van der Waals surface area contributed by atoms with Crippen LogP contribution in [0.15, 0.2) is 138 Å². The third-order valence-electron chi connectivity index (χ3n) is 11.1. The number of anilines is 3. The topological polar surface area (TPSA) is 399 Å². The number of nitrogens with zero attached hydrogens (tertiary/aromatic N) is 4. The first kappa shape index (κ1) is 55.6. The number of aryl methyl sites for hydroxylation is 1. The summed E-state index contributed by atoms with van der Waals surface area (Å²) in [5.41, 5.74) is 6.13. The molecular weight excluding hydrogens is 1080 g/mol. The van der Waals surface area contributed by atoms with E-state index in [0.717, 1.165) is 30.3 Å². The molecule has 29 heteroatoms. The number of nitrogens with one attached hydrogen (secondary N) is 2. The van der Waals surface area contributed by atoms with Gasteiger partial charge in [-0.2, -0.15) is 38.8 Å². The van der Waals surface area contributed by atoms with Gasteiger partial charge in [-0.3, -0.25) is 27.8 Å². The molecule has 0 fully saturated rings. The third kappa shape index (κ3) is 13.2. The summed E-state index contributed by atoms with van der Waals surface area (Å²) < 4.78 is 153. The number of carbonyl (C=O) groups excluding carboxylic acids is 2. The number of nitrogens with two attached hydrogens (primary N) is 1. The van der Waals surface area contributed by atoms with E-state index in [0.29, 0.717) is 11.3 Å². The summed E-state index contributed by atoms with van der Waals surface area (Å²) in [6, 6.07) is 21.8. The molecule has 0 radical (unpaired) electrons. The molecule has 9 N–H and O–H groups in total. The molecule has 7 aromatic carbocycles. The van der Waals surface area contributed by atoms with Crippen molar-refractivity contribution in [2.45, 2.75) is 34.5 Å². The Morgan fingerprint density at radius 1 is 0.579 bits per heavy atom. The van der Waals surface area contributed by atoms with E-state index in [2.05, 4.69) is 31.1 Å². The van der Waals surface area contributed by atoms with E-state index in [1.807, 2.05) is 0 Å². The van der Waals surface area contributed by atoms with Crippen LogP contribution in [0.2, 0.25) is 0 Å². The quantitative estimate of drug-likeness (QED) is 0.0162. The molecule has 0 saturated carbocycles. The fourth-order valence-corrected chi connectivity index (χ4v) is 9.80. The maximum atomic E-state index is 13.7. The Morgan fingerprint density at radius 3 is 1.75 bits per heavy atom. The lowest BCUT2D eigenvalue weighted by molar-refractivity contribution is 0.101. The second-order valence-electron chi connectivity index (χ2n) is 16.4. The van der Waals surface area contributed by atoms with E-state index < -0.39 is 89.9 Å². The van der Waals surface area contributed by atoms with E-state index in [1.54, 1.807) is 19.1 Å². The van der Waals surface area contributed by atoms with E-state index in [-0.39, 0.29) is 92.1 Å². The number of phenolic OH excluding ortho intramolecular Hbond substituents is 1. The highest BCUT2D eigenvalue weighted by molar-refractivity contribution is 7.86. The van der Waals surface area contributed by atoms with E-state index in [9.17, 15) is 62.0 Å². The maximum absolute atomic E-state index is 13.7. The van der Waals surface area contributed by atoms with Crippen LogP contribution in [-0.2, 0) is 40.5 Å². The molecule has 0 unspecified atom stereocenters. The Bertz CT molecular complexity index is 4030. The highest BCUT2D eigenvalue weighted by Crippen LogP contribution is 2.45. The molecule has 0 heterocycles. The number of phenols is 1. The first-order valence-electron chi connectivity index (χ1n) is 21.7. The van der Waals surface area contributed by atoms with Crippen molar-refractivity contribution in [2.75, 3.05) is 42.9 Å². The molecule has 2 amide bonds. The van der Waals surface area contributed by atoms with Gasteiger partial charge in [0, 0.05) is 51.5 Å². The average Bonchev–Trinajstić information content (AvgIpc) is 3.34. The van der Waals surface area contributed by atoms with Crippen LogP contribution < -0.4 is 30.6 Å². The summed E-state index contributed by atoms with van der Waals surface area (Å²) in [6.45, 7) is 1.34. The Labute approximate surface area is 433 Å². The molecule has 7 aromatic rings. The number of hydrogen-bond acceptors (Lipinski definition) is 19. The number of nitrogen functional groups attached to an aromatic ring is 1. The van der Waals surface area contributed by atoms with Crippen molar-refractivity contribution >= 4 is 114 Å². The summed E-state index contributed by atoms with van der Waals surface area (Å²) in [4.78, 5) is 24.1.